The Labute approximate surface area is 119 Å². The maximum atomic E-state index is 9.64. The maximum absolute atomic E-state index is 9.64. The predicted molar refractivity (Wildman–Crippen MR) is 80.9 cm³/mol. The van der Waals surface area contributed by atoms with E-state index < -0.39 is 0 Å². The highest BCUT2D eigenvalue weighted by Gasteiger charge is 2.12. The number of hydrogen-bond donors (Lipinski definition) is 1. The zero-order valence-corrected chi connectivity index (χ0v) is 12.1. The van der Waals surface area contributed by atoms with Crippen LogP contribution in [-0.4, -0.2) is 11.7 Å². The van der Waals surface area contributed by atoms with E-state index in [0.29, 0.717) is 0 Å². The van der Waals surface area contributed by atoms with Crippen molar-refractivity contribution in [3.8, 4) is 0 Å². The maximum Gasteiger partial charge on any atom is 0.0502 e. The SMILES string of the molecule is Cc1ccc(C)c(CC(CO)c2ccc(Cl)cc2)c1. The fraction of sp³-hybridized carbons (Fsp3) is 0.294. The van der Waals surface area contributed by atoms with Crippen LogP contribution in [0, 0.1) is 13.8 Å². The molecule has 0 aromatic heterocycles. The monoisotopic (exact) mass is 274 g/mol. The molecule has 100 valence electrons. The molecule has 0 aliphatic rings. The zero-order chi connectivity index (χ0) is 13.8. The van der Waals surface area contributed by atoms with Crippen molar-refractivity contribution in [3.05, 3.63) is 69.7 Å². The summed E-state index contributed by atoms with van der Waals surface area (Å²) < 4.78 is 0. The average molecular weight is 275 g/mol. The van der Waals surface area contributed by atoms with E-state index in [1.807, 2.05) is 24.3 Å². The van der Waals surface area contributed by atoms with Gasteiger partial charge in [0, 0.05) is 10.9 Å². The Kier molecular flexibility index (Phi) is 4.62. The summed E-state index contributed by atoms with van der Waals surface area (Å²) in [7, 11) is 0. The van der Waals surface area contributed by atoms with Gasteiger partial charge in [-0.1, -0.05) is 47.5 Å². The van der Waals surface area contributed by atoms with Gasteiger partial charge in [0.15, 0.2) is 0 Å². The van der Waals surface area contributed by atoms with Crippen molar-refractivity contribution < 1.29 is 5.11 Å². The van der Waals surface area contributed by atoms with Gasteiger partial charge in [0.05, 0.1) is 6.61 Å². The van der Waals surface area contributed by atoms with Crippen molar-refractivity contribution in [3.63, 3.8) is 0 Å². The highest BCUT2D eigenvalue weighted by atomic mass is 35.5. The van der Waals surface area contributed by atoms with Crippen molar-refractivity contribution in [2.45, 2.75) is 26.2 Å². The van der Waals surface area contributed by atoms with Gasteiger partial charge in [-0.2, -0.15) is 0 Å². The smallest absolute Gasteiger partial charge is 0.0502 e. The van der Waals surface area contributed by atoms with Crippen molar-refractivity contribution in [1.82, 2.24) is 0 Å². The number of aliphatic hydroxyl groups excluding tert-OH is 1. The minimum Gasteiger partial charge on any atom is -0.396 e. The summed E-state index contributed by atoms with van der Waals surface area (Å²) in [6.07, 6.45) is 0.853. The third-order valence-corrected chi connectivity index (χ3v) is 3.78. The Morgan fingerprint density at radius 2 is 1.74 bits per heavy atom. The first-order chi connectivity index (χ1) is 9.10. The first-order valence-corrected chi connectivity index (χ1v) is 6.90. The minimum atomic E-state index is 0.123. The molecule has 1 atom stereocenters. The van der Waals surface area contributed by atoms with Crippen LogP contribution in [0.15, 0.2) is 42.5 Å². The first-order valence-electron chi connectivity index (χ1n) is 6.52. The number of halogens is 1. The molecule has 2 aromatic carbocycles. The van der Waals surface area contributed by atoms with Crippen LogP contribution in [0.1, 0.15) is 28.2 Å². The largest absolute Gasteiger partial charge is 0.396 e. The molecule has 1 N–H and O–H groups in total. The molecular weight excluding hydrogens is 256 g/mol. The fourth-order valence-corrected chi connectivity index (χ4v) is 2.43. The van der Waals surface area contributed by atoms with Gasteiger partial charge in [0.1, 0.15) is 0 Å². The highest BCUT2D eigenvalue weighted by molar-refractivity contribution is 6.30. The van der Waals surface area contributed by atoms with Crippen LogP contribution >= 0.6 is 11.6 Å². The van der Waals surface area contributed by atoms with E-state index in [0.717, 1.165) is 17.0 Å². The van der Waals surface area contributed by atoms with E-state index in [-0.39, 0.29) is 12.5 Å². The van der Waals surface area contributed by atoms with Crippen LogP contribution in [0.25, 0.3) is 0 Å². The van der Waals surface area contributed by atoms with E-state index in [4.69, 9.17) is 11.6 Å². The molecule has 1 nitrogen and oxygen atoms in total. The molecule has 0 radical (unpaired) electrons. The van der Waals surface area contributed by atoms with Crippen molar-refractivity contribution in [1.29, 1.82) is 0 Å². The second-order valence-electron chi connectivity index (χ2n) is 5.07. The molecule has 2 rings (SSSR count). The number of aryl methyl sites for hydroxylation is 2. The minimum absolute atomic E-state index is 0.123. The first kappa shape index (κ1) is 14.1. The lowest BCUT2D eigenvalue weighted by Crippen LogP contribution is -2.08. The lowest BCUT2D eigenvalue weighted by Gasteiger charge is -2.17. The zero-order valence-electron chi connectivity index (χ0n) is 11.4. The van der Waals surface area contributed by atoms with Crippen LogP contribution in [0.2, 0.25) is 5.02 Å². The fourth-order valence-electron chi connectivity index (χ4n) is 2.31. The van der Waals surface area contributed by atoms with Crippen LogP contribution in [0.4, 0.5) is 0 Å². The number of rotatable bonds is 4. The molecular formula is C17H19ClO. The van der Waals surface area contributed by atoms with Crippen molar-refractivity contribution in [2.75, 3.05) is 6.61 Å². The van der Waals surface area contributed by atoms with Crippen LogP contribution in [-0.2, 0) is 6.42 Å². The van der Waals surface area contributed by atoms with Gasteiger partial charge in [-0.15, -0.1) is 0 Å². The summed E-state index contributed by atoms with van der Waals surface area (Å²) in [5, 5.41) is 10.4. The molecule has 0 fully saturated rings. The van der Waals surface area contributed by atoms with Gasteiger partial charge in [0.2, 0.25) is 0 Å². The topological polar surface area (TPSA) is 20.2 Å². The third-order valence-electron chi connectivity index (χ3n) is 3.53. The van der Waals surface area contributed by atoms with E-state index >= 15 is 0 Å². The number of aliphatic hydroxyl groups is 1. The molecule has 2 aromatic rings. The Hall–Kier alpha value is -1.31. The van der Waals surface area contributed by atoms with Crippen LogP contribution in [0.3, 0.4) is 0 Å². The summed E-state index contributed by atoms with van der Waals surface area (Å²) in [6.45, 7) is 4.36. The normalized spacial score (nSPS) is 12.4. The second-order valence-corrected chi connectivity index (χ2v) is 5.50. The van der Waals surface area contributed by atoms with Crippen molar-refractivity contribution >= 4 is 11.6 Å². The lowest BCUT2D eigenvalue weighted by molar-refractivity contribution is 0.264. The van der Waals surface area contributed by atoms with E-state index in [1.165, 1.54) is 16.7 Å². The molecule has 1 unspecified atom stereocenters. The molecule has 0 spiro atoms. The quantitative estimate of drug-likeness (QED) is 0.882. The van der Waals surface area contributed by atoms with E-state index in [2.05, 4.69) is 32.0 Å². The number of benzene rings is 2. The van der Waals surface area contributed by atoms with Crippen LogP contribution in [0.5, 0.6) is 0 Å². The van der Waals surface area contributed by atoms with Gasteiger partial charge < -0.3 is 5.11 Å². The summed E-state index contributed by atoms with van der Waals surface area (Å²) in [5.41, 5.74) is 4.97. The third kappa shape index (κ3) is 3.59. The summed E-state index contributed by atoms with van der Waals surface area (Å²) in [5.74, 6) is 0.123. The predicted octanol–water partition coefficient (Wildman–Crippen LogP) is 4.28. The highest BCUT2D eigenvalue weighted by Crippen LogP contribution is 2.24. The lowest BCUT2D eigenvalue weighted by atomic mass is 9.90. The van der Waals surface area contributed by atoms with E-state index in [1.54, 1.807) is 0 Å². The Bertz CT molecular complexity index is 546. The Balaban J connectivity index is 2.23. The standard InChI is InChI=1S/C17H19ClO/c1-12-3-4-13(2)15(9-12)10-16(11-19)14-5-7-17(18)8-6-14/h3-9,16,19H,10-11H2,1-2H3. The van der Waals surface area contributed by atoms with Crippen LogP contribution < -0.4 is 0 Å². The summed E-state index contributed by atoms with van der Waals surface area (Å²) in [4.78, 5) is 0. The van der Waals surface area contributed by atoms with Gasteiger partial charge in [-0.3, -0.25) is 0 Å². The number of hydrogen-bond acceptors (Lipinski definition) is 1. The molecule has 0 amide bonds. The van der Waals surface area contributed by atoms with Gasteiger partial charge >= 0.3 is 0 Å². The molecule has 0 aliphatic heterocycles. The molecule has 0 heterocycles. The Morgan fingerprint density at radius 3 is 2.37 bits per heavy atom. The van der Waals surface area contributed by atoms with E-state index in [9.17, 15) is 5.11 Å². The molecule has 0 bridgehead atoms. The summed E-state index contributed by atoms with van der Waals surface area (Å²) >= 11 is 5.90. The molecule has 0 saturated heterocycles. The molecule has 0 saturated carbocycles. The van der Waals surface area contributed by atoms with Crippen molar-refractivity contribution in [2.24, 2.45) is 0 Å². The van der Waals surface area contributed by atoms with Gasteiger partial charge in [-0.05, 0) is 49.1 Å². The molecule has 2 heteroatoms. The molecule has 19 heavy (non-hydrogen) atoms. The summed E-state index contributed by atoms with van der Waals surface area (Å²) in [6, 6.07) is 14.2. The van der Waals surface area contributed by atoms with Gasteiger partial charge in [0.25, 0.3) is 0 Å². The Morgan fingerprint density at radius 1 is 1.05 bits per heavy atom. The average Bonchev–Trinajstić information content (AvgIpc) is 2.41. The molecule has 0 aliphatic carbocycles. The van der Waals surface area contributed by atoms with Gasteiger partial charge in [-0.25, -0.2) is 0 Å². The second kappa shape index (κ2) is 6.23.